The number of carbonyl (C=O) groups excluding carboxylic acids is 2. The van der Waals surface area contributed by atoms with Gasteiger partial charge in [0.1, 0.15) is 5.75 Å². The fourth-order valence-electron chi connectivity index (χ4n) is 4.51. The van der Waals surface area contributed by atoms with E-state index in [0.717, 1.165) is 50.4 Å². The van der Waals surface area contributed by atoms with Crippen molar-refractivity contribution in [2.24, 2.45) is 5.73 Å². The Morgan fingerprint density at radius 2 is 1.87 bits per heavy atom. The molecule has 1 atom stereocenters. The molecule has 0 aromatic heterocycles. The highest BCUT2D eigenvalue weighted by Gasteiger charge is 2.21. The Labute approximate surface area is 224 Å². The molecule has 2 aromatic carbocycles. The van der Waals surface area contributed by atoms with Crippen LogP contribution in [0.25, 0.3) is 0 Å². The van der Waals surface area contributed by atoms with E-state index in [-0.39, 0.29) is 29.4 Å². The summed E-state index contributed by atoms with van der Waals surface area (Å²) < 4.78 is 5.36. The molecular weight excluding hydrogens is 486 g/mol. The van der Waals surface area contributed by atoms with Gasteiger partial charge in [-0.25, -0.2) is 4.79 Å². The van der Waals surface area contributed by atoms with Gasteiger partial charge in [-0.3, -0.25) is 9.69 Å². The first kappa shape index (κ1) is 29.4. The molecule has 0 spiro atoms. The average Bonchev–Trinajstić information content (AvgIpc) is 2.87. The van der Waals surface area contributed by atoms with Crippen LogP contribution >= 0.6 is 0 Å². The lowest BCUT2D eigenvalue weighted by Gasteiger charge is -2.28. The summed E-state index contributed by atoms with van der Waals surface area (Å²) in [4.78, 5) is 25.9. The highest BCUT2D eigenvalue weighted by molar-refractivity contribution is 5.89. The lowest BCUT2D eigenvalue weighted by atomic mass is 9.93. The Bertz CT molecular complexity index is 1070. The Balaban J connectivity index is 1.45. The van der Waals surface area contributed by atoms with Gasteiger partial charge in [0.05, 0.1) is 31.4 Å². The number of anilines is 1. The van der Waals surface area contributed by atoms with Gasteiger partial charge in [-0.1, -0.05) is 30.3 Å². The highest BCUT2D eigenvalue weighted by Crippen LogP contribution is 2.27. The van der Waals surface area contributed by atoms with Gasteiger partial charge < -0.3 is 36.6 Å². The molecule has 1 heterocycles. The molecule has 0 radical (unpaired) electrons. The number of hydrogen-bond acceptors (Lipinski definition) is 7. The number of benzene rings is 2. The van der Waals surface area contributed by atoms with Crippen LogP contribution in [0.3, 0.4) is 0 Å². The summed E-state index contributed by atoms with van der Waals surface area (Å²) in [6.07, 6.45) is 1.09. The maximum absolute atomic E-state index is 12.4. The molecule has 208 valence electrons. The number of carbonyl (C=O) groups is 2. The van der Waals surface area contributed by atoms with E-state index >= 15 is 0 Å². The average molecular weight is 528 g/mol. The second-order valence-corrected chi connectivity index (χ2v) is 10.4. The summed E-state index contributed by atoms with van der Waals surface area (Å²) in [5.41, 5.74) is 7.53. The van der Waals surface area contributed by atoms with Crippen LogP contribution in [0.15, 0.2) is 42.5 Å². The number of morpholine rings is 1. The topological polar surface area (TPSA) is 149 Å². The van der Waals surface area contributed by atoms with Gasteiger partial charge in [0.15, 0.2) is 0 Å². The predicted octanol–water partition coefficient (Wildman–Crippen LogP) is 1.91. The van der Waals surface area contributed by atoms with E-state index in [0.29, 0.717) is 24.9 Å². The van der Waals surface area contributed by atoms with Crippen LogP contribution in [-0.4, -0.2) is 78.5 Å². The maximum Gasteiger partial charge on any atom is 0.316 e. The molecule has 2 aromatic rings. The van der Waals surface area contributed by atoms with Crippen LogP contribution in [0.1, 0.15) is 43.1 Å². The van der Waals surface area contributed by atoms with Crippen molar-refractivity contribution in [3.8, 4) is 5.75 Å². The SMILES string of the molecule is CC(C)(Cc1cccc(CC(=O)NCCCN2CCOCC2)c1)NC[C@H](O)c1ccc(O)c(NC(N)=O)c1. The number of phenols is 1. The van der Waals surface area contributed by atoms with E-state index < -0.39 is 12.1 Å². The zero-order chi connectivity index (χ0) is 27.5. The molecule has 1 saturated heterocycles. The van der Waals surface area contributed by atoms with Crippen molar-refractivity contribution >= 4 is 17.6 Å². The van der Waals surface area contributed by atoms with Crippen molar-refractivity contribution in [1.82, 2.24) is 15.5 Å². The van der Waals surface area contributed by atoms with Gasteiger partial charge in [0, 0.05) is 31.7 Å². The molecular formula is C28H41N5O5. The standard InChI is InChI=1S/C28H41N5O5/c1-28(2,31-19-25(35)22-7-8-24(34)23(17-22)32-27(29)37)18-21-6-3-5-20(15-21)16-26(36)30-9-4-10-33-11-13-38-14-12-33/h3,5-8,15,17,25,31,34-35H,4,9-14,16,18-19H2,1-2H3,(H,30,36)(H3,29,32,37)/t25-/m0/s1. The largest absolute Gasteiger partial charge is 0.506 e. The number of aliphatic hydroxyl groups excluding tert-OH is 1. The van der Waals surface area contributed by atoms with E-state index in [1.165, 1.54) is 12.1 Å². The minimum atomic E-state index is -0.860. The summed E-state index contributed by atoms with van der Waals surface area (Å²) in [5.74, 6) is -0.113. The quantitative estimate of drug-likeness (QED) is 0.172. The number of rotatable bonds is 13. The first-order valence-electron chi connectivity index (χ1n) is 13.1. The van der Waals surface area contributed by atoms with Gasteiger partial charge in [0.2, 0.25) is 5.91 Å². The maximum atomic E-state index is 12.4. The molecule has 38 heavy (non-hydrogen) atoms. The summed E-state index contributed by atoms with van der Waals surface area (Å²) in [6, 6.07) is 11.7. The number of nitrogens with one attached hydrogen (secondary N) is 3. The van der Waals surface area contributed by atoms with E-state index in [9.17, 15) is 19.8 Å². The van der Waals surface area contributed by atoms with Crippen molar-refractivity contribution in [2.45, 2.75) is 44.8 Å². The summed E-state index contributed by atoms with van der Waals surface area (Å²) in [7, 11) is 0. The molecule has 3 rings (SSSR count). The molecule has 0 aliphatic carbocycles. The van der Waals surface area contributed by atoms with Gasteiger partial charge in [0.25, 0.3) is 0 Å². The zero-order valence-electron chi connectivity index (χ0n) is 22.3. The Morgan fingerprint density at radius 3 is 2.61 bits per heavy atom. The van der Waals surface area contributed by atoms with E-state index in [4.69, 9.17) is 10.5 Å². The van der Waals surface area contributed by atoms with Crippen molar-refractivity contribution in [3.63, 3.8) is 0 Å². The van der Waals surface area contributed by atoms with Crippen molar-refractivity contribution in [2.75, 3.05) is 51.3 Å². The fourth-order valence-corrected chi connectivity index (χ4v) is 4.51. The van der Waals surface area contributed by atoms with Crippen molar-refractivity contribution in [1.29, 1.82) is 0 Å². The normalized spacial score (nSPS) is 15.1. The van der Waals surface area contributed by atoms with E-state index in [1.54, 1.807) is 6.07 Å². The van der Waals surface area contributed by atoms with Crippen LogP contribution in [0.5, 0.6) is 5.75 Å². The smallest absolute Gasteiger partial charge is 0.316 e. The highest BCUT2D eigenvalue weighted by atomic mass is 16.5. The number of β-amino-alcohol motifs (C(OH)–C–C–N with tert-alkyl or cyclic N) is 1. The third kappa shape index (κ3) is 9.94. The zero-order valence-corrected chi connectivity index (χ0v) is 22.3. The molecule has 0 saturated carbocycles. The van der Waals surface area contributed by atoms with Gasteiger partial charge >= 0.3 is 6.03 Å². The monoisotopic (exact) mass is 527 g/mol. The number of amides is 3. The molecule has 0 bridgehead atoms. The second kappa shape index (κ2) is 14.1. The summed E-state index contributed by atoms with van der Waals surface area (Å²) >= 11 is 0. The lowest BCUT2D eigenvalue weighted by Crippen LogP contribution is -2.43. The summed E-state index contributed by atoms with van der Waals surface area (Å²) in [6.45, 7) is 9.46. The number of phenolic OH excluding ortho intramolecular Hbond substituents is 1. The molecule has 10 nitrogen and oxygen atoms in total. The third-order valence-electron chi connectivity index (χ3n) is 6.52. The third-order valence-corrected chi connectivity index (χ3v) is 6.52. The molecule has 10 heteroatoms. The summed E-state index contributed by atoms with van der Waals surface area (Å²) in [5, 5.41) is 29.3. The molecule has 7 N–H and O–H groups in total. The number of aliphatic hydroxyl groups is 1. The van der Waals surface area contributed by atoms with E-state index in [2.05, 4.69) is 26.9 Å². The molecule has 1 fully saturated rings. The number of primary amides is 1. The number of aromatic hydroxyl groups is 1. The minimum absolute atomic E-state index is 0.0173. The first-order valence-corrected chi connectivity index (χ1v) is 13.1. The number of ether oxygens (including phenoxy) is 1. The molecule has 0 unspecified atom stereocenters. The first-order chi connectivity index (χ1) is 18.1. The second-order valence-electron chi connectivity index (χ2n) is 10.4. The Morgan fingerprint density at radius 1 is 1.13 bits per heavy atom. The van der Waals surface area contributed by atoms with Gasteiger partial charge in [-0.15, -0.1) is 0 Å². The molecule has 1 aliphatic heterocycles. The van der Waals surface area contributed by atoms with Crippen molar-refractivity contribution in [3.05, 3.63) is 59.2 Å². The van der Waals surface area contributed by atoms with E-state index in [1.807, 2.05) is 32.0 Å². The molecule has 1 aliphatic rings. The number of hydrogen-bond donors (Lipinski definition) is 6. The minimum Gasteiger partial charge on any atom is -0.506 e. The van der Waals surface area contributed by atoms with Crippen LogP contribution in [0, 0.1) is 0 Å². The predicted molar refractivity (Wildman–Crippen MR) is 147 cm³/mol. The van der Waals surface area contributed by atoms with Crippen LogP contribution < -0.4 is 21.7 Å². The van der Waals surface area contributed by atoms with Crippen LogP contribution in [0.2, 0.25) is 0 Å². The number of urea groups is 1. The molecule has 3 amide bonds. The number of nitrogens with zero attached hydrogens (tertiary/aromatic N) is 1. The fraction of sp³-hybridized carbons (Fsp3) is 0.500. The van der Waals surface area contributed by atoms with Gasteiger partial charge in [-0.05, 0) is 62.1 Å². The van der Waals surface area contributed by atoms with Crippen LogP contribution in [0.4, 0.5) is 10.5 Å². The Kier molecular flexibility index (Phi) is 10.9. The van der Waals surface area contributed by atoms with Gasteiger partial charge in [-0.2, -0.15) is 0 Å². The van der Waals surface area contributed by atoms with Crippen LogP contribution in [-0.2, 0) is 22.4 Å². The number of nitrogens with two attached hydrogens (primary N) is 1. The lowest BCUT2D eigenvalue weighted by molar-refractivity contribution is -0.120. The van der Waals surface area contributed by atoms with Crippen molar-refractivity contribution < 1.29 is 24.5 Å². The Hall–Kier alpha value is -3.18.